The van der Waals surface area contributed by atoms with Crippen molar-refractivity contribution < 1.29 is 13.5 Å². The summed E-state index contributed by atoms with van der Waals surface area (Å²) in [5.74, 6) is -0.764. The summed E-state index contributed by atoms with van der Waals surface area (Å²) < 4.78 is 31.1. The van der Waals surface area contributed by atoms with Crippen LogP contribution in [0.1, 0.15) is 5.82 Å². The van der Waals surface area contributed by atoms with E-state index in [0.717, 1.165) is 6.07 Å². The van der Waals surface area contributed by atoms with Crippen LogP contribution in [-0.2, 0) is 11.3 Å². The molecule has 2 aromatic rings. The first-order valence-corrected chi connectivity index (χ1v) is 5.17. The molecule has 0 atom stereocenters. The van der Waals surface area contributed by atoms with E-state index < -0.39 is 11.6 Å². The van der Waals surface area contributed by atoms with Crippen molar-refractivity contribution >= 4 is 5.82 Å². The summed E-state index contributed by atoms with van der Waals surface area (Å²) >= 11 is 0. The number of hydrogen-bond acceptors (Lipinski definition) is 4. The molecule has 6 heteroatoms. The van der Waals surface area contributed by atoms with Gasteiger partial charge >= 0.3 is 0 Å². The summed E-state index contributed by atoms with van der Waals surface area (Å²) in [6.07, 6.45) is 0. The van der Waals surface area contributed by atoms with Crippen molar-refractivity contribution in [2.45, 2.75) is 6.61 Å². The Kier molecular flexibility index (Phi) is 3.47. The highest BCUT2D eigenvalue weighted by Crippen LogP contribution is 2.21. The first kappa shape index (κ1) is 12.4. The van der Waals surface area contributed by atoms with E-state index >= 15 is 0 Å². The van der Waals surface area contributed by atoms with Gasteiger partial charge in [-0.15, -0.1) is 0 Å². The lowest BCUT2D eigenvalue weighted by Crippen LogP contribution is -2.02. The molecular weight excluding hydrogens is 240 g/mol. The van der Waals surface area contributed by atoms with Gasteiger partial charge in [0.1, 0.15) is 24.1 Å². The summed E-state index contributed by atoms with van der Waals surface area (Å²) in [7, 11) is 1.49. The molecule has 1 heterocycles. The molecule has 1 aromatic carbocycles. The minimum absolute atomic E-state index is 0.176. The molecule has 0 spiro atoms. The van der Waals surface area contributed by atoms with E-state index in [-0.39, 0.29) is 12.4 Å². The number of ether oxygens (including phenoxy) is 1. The van der Waals surface area contributed by atoms with Crippen LogP contribution in [0.25, 0.3) is 11.3 Å². The minimum atomic E-state index is -0.671. The second kappa shape index (κ2) is 5.05. The van der Waals surface area contributed by atoms with Crippen molar-refractivity contribution in [2.75, 3.05) is 12.8 Å². The molecule has 18 heavy (non-hydrogen) atoms. The number of nitrogen functional groups attached to an aromatic ring is 1. The summed E-state index contributed by atoms with van der Waals surface area (Å²) in [6.45, 7) is 0.176. The molecule has 0 fully saturated rings. The van der Waals surface area contributed by atoms with Crippen molar-refractivity contribution in [3.63, 3.8) is 0 Å². The van der Waals surface area contributed by atoms with Crippen LogP contribution in [0.3, 0.4) is 0 Å². The molecule has 1 aromatic heterocycles. The van der Waals surface area contributed by atoms with Crippen molar-refractivity contribution in [3.05, 3.63) is 41.7 Å². The third-order valence-electron chi connectivity index (χ3n) is 2.22. The predicted molar refractivity (Wildman–Crippen MR) is 62.5 cm³/mol. The molecule has 0 aliphatic carbocycles. The van der Waals surface area contributed by atoms with Crippen LogP contribution in [0.2, 0.25) is 0 Å². The van der Waals surface area contributed by atoms with Gasteiger partial charge in [-0.25, -0.2) is 18.7 Å². The van der Waals surface area contributed by atoms with Gasteiger partial charge in [0.05, 0.1) is 5.69 Å². The molecule has 0 aliphatic rings. The zero-order chi connectivity index (χ0) is 13.1. The molecule has 0 saturated carbocycles. The average molecular weight is 251 g/mol. The lowest BCUT2D eigenvalue weighted by Gasteiger charge is -2.06. The summed E-state index contributed by atoms with van der Waals surface area (Å²) in [4.78, 5) is 8.07. The highest BCUT2D eigenvalue weighted by molar-refractivity contribution is 5.61. The van der Waals surface area contributed by atoms with Crippen LogP contribution in [0, 0.1) is 11.6 Å². The van der Waals surface area contributed by atoms with E-state index in [0.29, 0.717) is 17.1 Å². The maximum absolute atomic E-state index is 13.1. The van der Waals surface area contributed by atoms with Crippen molar-refractivity contribution in [1.29, 1.82) is 0 Å². The van der Waals surface area contributed by atoms with Gasteiger partial charge in [-0.2, -0.15) is 0 Å². The molecule has 0 amide bonds. The number of aromatic nitrogens is 2. The number of nitrogens with two attached hydrogens (primary N) is 1. The highest BCUT2D eigenvalue weighted by Gasteiger charge is 2.08. The third-order valence-corrected chi connectivity index (χ3v) is 2.22. The average Bonchev–Trinajstić information content (AvgIpc) is 2.27. The lowest BCUT2D eigenvalue weighted by molar-refractivity contribution is 0.178. The maximum atomic E-state index is 13.1. The van der Waals surface area contributed by atoms with Gasteiger partial charge in [-0.3, -0.25) is 0 Å². The Morgan fingerprint density at radius 3 is 2.39 bits per heavy atom. The first-order valence-electron chi connectivity index (χ1n) is 5.17. The molecule has 0 aliphatic heterocycles. The normalized spacial score (nSPS) is 10.6. The Bertz CT molecular complexity index is 555. The summed E-state index contributed by atoms with van der Waals surface area (Å²) in [5.41, 5.74) is 6.27. The molecule has 2 rings (SSSR count). The largest absolute Gasteiger partial charge is 0.384 e. The number of rotatable bonds is 3. The molecule has 0 unspecified atom stereocenters. The fourth-order valence-corrected chi connectivity index (χ4v) is 1.56. The van der Waals surface area contributed by atoms with Crippen molar-refractivity contribution in [3.8, 4) is 11.3 Å². The van der Waals surface area contributed by atoms with Crippen molar-refractivity contribution in [1.82, 2.24) is 9.97 Å². The molecule has 94 valence electrons. The predicted octanol–water partition coefficient (Wildman–Crippen LogP) is 2.15. The van der Waals surface area contributed by atoms with Crippen LogP contribution in [-0.4, -0.2) is 17.1 Å². The van der Waals surface area contributed by atoms with E-state index in [1.165, 1.54) is 25.3 Å². The van der Waals surface area contributed by atoms with Gasteiger partial charge in [-0.1, -0.05) is 0 Å². The van der Waals surface area contributed by atoms with Gasteiger partial charge < -0.3 is 10.5 Å². The number of nitrogens with zero attached hydrogens (tertiary/aromatic N) is 2. The molecule has 0 bridgehead atoms. The number of halogens is 2. The van der Waals surface area contributed by atoms with Crippen LogP contribution < -0.4 is 5.73 Å². The van der Waals surface area contributed by atoms with Crippen LogP contribution in [0.15, 0.2) is 24.3 Å². The van der Waals surface area contributed by atoms with Gasteiger partial charge in [0.15, 0.2) is 5.82 Å². The van der Waals surface area contributed by atoms with Gasteiger partial charge in [0, 0.05) is 24.8 Å². The Balaban J connectivity index is 2.49. The maximum Gasteiger partial charge on any atom is 0.157 e. The molecule has 4 nitrogen and oxygen atoms in total. The fourth-order valence-electron chi connectivity index (χ4n) is 1.56. The third kappa shape index (κ3) is 2.78. The second-order valence-electron chi connectivity index (χ2n) is 3.69. The first-order chi connectivity index (χ1) is 8.58. The van der Waals surface area contributed by atoms with E-state index in [1.54, 1.807) is 0 Å². The number of anilines is 1. The zero-order valence-corrected chi connectivity index (χ0v) is 9.65. The van der Waals surface area contributed by atoms with Crippen LogP contribution in [0.4, 0.5) is 14.6 Å². The topological polar surface area (TPSA) is 61.0 Å². The number of methoxy groups -OCH3 is 1. The number of hydrogen-bond donors (Lipinski definition) is 1. The quantitative estimate of drug-likeness (QED) is 0.908. The van der Waals surface area contributed by atoms with Gasteiger partial charge in [0.2, 0.25) is 0 Å². The Hall–Kier alpha value is -2.08. The molecular formula is C12H11F2N3O. The summed E-state index contributed by atoms with van der Waals surface area (Å²) in [5, 5.41) is 0. The van der Waals surface area contributed by atoms with E-state index in [1.807, 2.05) is 0 Å². The highest BCUT2D eigenvalue weighted by atomic mass is 19.1. The Morgan fingerprint density at radius 1 is 1.11 bits per heavy atom. The van der Waals surface area contributed by atoms with E-state index in [4.69, 9.17) is 10.5 Å². The molecule has 0 radical (unpaired) electrons. The Labute approximate surface area is 102 Å². The number of benzene rings is 1. The van der Waals surface area contributed by atoms with Gasteiger partial charge in [-0.05, 0) is 12.1 Å². The fraction of sp³-hybridized carbons (Fsp3) is 0.167. The smallest absolute Gasteiger partial charge is 0.157 e. The Morgan fingerprint density at radius 2 is 1.78 bits per heavy atom. The second-order valence-corrected chi connectivity index (χ2v) is 3.69. The van der Waals surface area contributed by atoms with Crippen LogP contribution in [0.5, 0.6) is 0 Å². The standard InChI is InChI=1S/C12H11F2N3O/c1-18-6-12-16-10(5-11(15)17-12)7-2-8(13)4-9(14)3-7/h2-5H,6H2,1H3,(H2,15,16,17). The van der Waals surface area contributed by atoms with E-state index in [9.17, 15) is 8.78 Å². The minimum Gasteiger partial charge on any atom is -0.384 e. The van der Waals surface area contributed by atoms with Crippen molar-refractivity contribution in [2.24, 2.45) is 0 Å². The summed E-state index contributed by atoms with van der Waals surface area (Å²) in [6, 6.07) is 4.61. The SMILES string of the molecule is COCc1nc(N)cc(-c2cc(F)cc(F)c2)n1. The van der Waals surface area contributed by atoms with E-state index in [2.05, 4.69) is 9.97 Å². The lowest BCUT2D eigenvalue weighted by atomic mass is 10.1. The van der Waals surface area contributed by atoms with Crippen LogP contribution >= 0.6 is 0 Å². The molecule has 0 saturated heterocycles. The van der Waals surface area contributed by atoms with Gasteiger partial charge in [0.25, 0.3) is 0 Å². The molecule has 2 N–H and O–H groups in total. The zero-order valence-electron chi connectivity index (χ0n) is 9.65. The monoisotopic (exact) mass is 251 g/mol.